The second-order valence-corrected chi connectivity index (χ2v) is 8.18. The van der Waals surface area contributed by atoms with Crippen LogP contribution in [0.4, 0.5) is 0 Å². The smallest absolute Gasteiger partial charge is 0.127 e. The molecule has 134 valence electrons. The van der Waals surface area contributed by atoms with Crippen LogP contribution >= 0.6 is 15.9 Å². The molecule has 0 unspecified atom stereocenters. The van der Waals surface area contributed by atoms with E-state index in [0.717, 1.165) is 36.2 Å². The minimum atomic E-state index is 0.409. The molecule has 1 aliphatic heterocycles. The number of phenols is 1. The minimum Gasteiger partial charge on any atom is -0.507 e. The second kappa shape index (κ2) is 7.78. The average molecular weight is 413 g/mol. The molecule has 1 heterocycles. The monoisotopic (exact) mass is 412 g/mol. The maximum absolute atomic E-state index is 10.1. The Labute approximate surface area is 163 Å². The number of fused-ring (bicyclic) bond motifs is 1. The fourth-order valence-electron chi connectivity index (χ4n) is 3.99. The molecule has 3 N–H and O–H groups in total. The summed E-state index contributed by atoms with van der Waals surface area (Å²) in [7, 11) is 0. The van der Waals surface area contributed by atoms with Gasteiger partial charge in [0.1, 0.15) is 45.0 Å². The summed E-state index contributed by atoms with van der Waals surface area (Å²) in [4.78, 5) is 3.21. The van der Waals surface area contributed by atoms with E-state index in [4.69, 9.17) is 0 Å². The van der Waals surface area contributed by atoms with Gasteiger partial charge in [0.25, 0.3) is 0 Å². The summed E-state index contributed by atoms with van der Waals surface area (Å²) in [5.74, 6) is 0.409. The molecule has 0 saturated carbocycles. The van der Waals surface area contributed by atoms with Crippen molar-refractivity contribution in [3.8, 4) is 5.75 Å². The summed E-state index contributed by atoms with van der Waals surface area (Å²) in [6, 6.07) is 21.0. The number of halogens is 1. The van der Waals surface area contributed by atoms with Gasteiger partial charge in [0, 0.05) is 15.6 Å². The van der Waals surface area contributed by atoms with Crippen molar-refractivity contribution < 1.29 is 14.9 Å². The van der Waals surface area contributed by atoms with Gasteiger partial charge >= 0.3 is 0 Å². The van der Waals surface area contributed by atoms with Crippen LogP contribution in [0.3, 0.4) is 0 Å². The molecule has 1 fully saturated rings. The van der Waals surface area contributed by atoms with Crippen LogP contribution in [0.25, 0.3) is 10.8 Å². The lowest BCUT2D eigenvalue weighted by Gasteiger charge is -2.30. The van der Waals surface area contributed by atoms with Crippen LogP contribution in [0.1, 0.15) is 11.1 Å². The van der Waals surface area contributed by atoms with Crippen LogP contribution in [-0.2, 0) is 13.1 Å². The number of phenolic OH excluding ortho intramolecular Hbond substituents is 1. The Balaban J connectivity index is 1.38. The number of hydrogen-bond acceptors (Lipinski definition) is 1. The normalized spacial score (nSPS) is 20.3. The number of benzene rings is 3. The molecule has 1 aliphatic rings. The molecule has 0 radical (unpaired) electrons. The van der Waals surface area contributed by atoms with Crippen molar-refractivity contribution in [1.29, 1.82) is 0 Å². The zero-order valence-corrected chi connectivity index (χ0v) is 16.4. The van der Waals surface area contributed by atoms with Gasteiger partial charge in [-0.25, -0.2) is 0 Å². The maximum Gasteiger partial charge on any atom is 0.127 e. The van der Waals surface area contributed by atoms with Crippen LogP contribution in [0.5, 0.6) is 5.75 Å². The average Bonchev–Trinajstić information content (AvgIpc) is 2.67. The number of nitrogens with one attached hydrogen (secondary N) is 2. The molecule has 3 nitrogen and oxygen atoms in total. The summed E-state index contributed by atoms with van der Waals surface area (Å²) in [5, 5.41) is 12.8. The van der Waals surface area contributed by atoms with E-state index in [-0.39, 0.29) is 0 Å². The SMILES string of the molecule is Oc1ccc(Br)cc1C[NH+]1CC[NH+](Cc2cccc3ccccc23)CC1. The third kappa shape index (κ3) is 3.93. The van der Waals surface area contributed by atoms with E-state index in [1.807, 2.05) is 12.1 Å². The van der Waals surface area contributed by atoms with Gasteiger partial charge in [-0.1, -0.05) is 58.4 Å². The van der Waals surface area contributed by atoms with Gasteiger partial charge < -0.3 is 14.9 Å². The van der Waals surface area contributed by atoms with Gasteiger partial charge in [-0.3, -0.25) is 0 Å². The molecule has 4 rings (SSSR count). The lowest BCUT2D eigenvalue weighted by Crippen LogP contribution is -3.27. The zero-order valence-electron chi connectivity index (χ0n) is 14.8. The van der Waals surface area contributed by atoms with Gasteiger partial charge in [-0.05, 0) is 29.0 Å². The summed E-state index contributed by atoms with van der Waals surface area (Å²) >= 11 is 3.50. The first-order valence-electron chi connectivity index (χ1n) is 9.30. The largest absolute Gasteiger partial charge is 0.507 e. The predicted molar refractivity (Wildman–Crippen MR) is 109 cm³/mol. The summed E-state index contributed by atoms with van der Waals surface area (Å²) in [6.07, 6.45) is 0. The standard InChI is InChI=1S/C22H23BrN2O/c23-20-8-9-22(26)19(14-20)16-25-12-10-24(11-13-25)15-18-6-3-5-17-4-1-2-7-21(17)18/h1-9,14,26H,10-13,15-16H2/p+2. The third-order valence-corrected chi connectivity index (χ3v) is 5.96. The zero-order chi connectivity index (χ0) is 17.9. The molecule has 1 saturated heterocycles. The highest BCUT2D eigenvalue weighted by Crippen LogP contribution is 2.21. The predicted octanol–water partition coefficient (Wildman–Crippen LogP) is 1.79. The van der Waals surface area contributed by atoms with Crippen molar-refractivity contribution in [2.75, 3.05) is 26.2 Å². The van der Waals surface area contributed by atoms with E-state index >= 15 is 0 Å². The number of quaternary nitrogens is 2. The van der Waals surface area contributed by atoms with Crippen molar-refractivity contribution in [2.45, 2.75) is 13.1 Å². The number of hydrogen-bond donors (Lipinski definition) is 3. The van der Waals surface area contributed by atoms with E-state index in [1.54, 1.807) is 15.9 Å². The molecule has 4 heteroatoms. The Kier molecular flexibility index (Phi) is 5.25. The van der Waals surface area contributed by atoms with Gasteiger partial charge in [0.2, 0.25) is 0 Å². The molecule has 0 aromatic heterocycles. The quantitative estimate of drug-likeness (QED) is 0.598. The molecule has 0 spiro atoms. The van der Waals surface area contributed by atoms with Gasteiger partial charge in [0.15, 0.2) is 0 Å². The molecule has 3 aromatic rings. The molecular formula is C22H25BrN2O+2. The van der Waals surface area contributed by atoms with Crippen molar-refractivity contribution in [3.63, 3.8) is 0 Å². The summed E-state index contributed by atoms with van der Waals surface area (Å²) in [6.45, 7) is 6.63. The molecule has 26 heavy (non-hydrogen) atoms. The van der Waals surface area contributed by atoms with Gasteiger partial charge in [-0.15, -0.1) is 0 Å². The van der Waals surface area contributed by atoms with Gasteiger partial charge in [0.05, 0.1) is 0 Å². The minimum absolute atomic E-state index is 0.409. The first kappa shape index (κ1) is 17.5. The molecule has 0 bridgehead atoms. The lowest BCUT2D eigenvalue weighted by molar-refractivity contribution is -1.02. The van der Waals surface area contributed by atoms with Crippen LogP contribution in [-0.4, -0.2) is 31.3 Å². The highest BCUT2D eigenvalue weighted by molar-refractivity contribution is 9.10. The number of rotatable bonds is 4. The number of piperazine rings is 1. The van der Waals surface area contributed by atoms with Crippen molar-refractivity contribution in [3.05, 3.63) is 76.3 Å². The molecule has 0 aliphatic carbocycles. The number of aromatic hydroxyl groups is 1. The van der Waals surface area contributed by atoms with E-state index in [1.165, 1.54) is 29.4 Å². The maximum atomic E-state index is 10.1. The van der Waals surface area contributed by atoms with Crippen molar-refractivity contribution in [2.24, 2.45) is 0 Å². The molecule has 0 amide bonds. The van der Waals surface area contributed by atoms with Crippen molar-refractivity contribution >= 4 is 26.7 Å². The Bertz CT molecular complexity index is 898. The van der Waals surface area contributed by atoms with Crippen LogP contribution < -0.4 is 9.80 Å². The third-order valence-electron chi connectivity index (χ3n) is 5.47. The Hall–Kier alpha value is -1.88. The first-order valence-corrected chi connectivity index (χ1v) is 10.1. The van der Waals surface area contributed by atoms with Crippen LogP contribution in [0, 0.1) is 0 Å². The lowest BCUT2D eigenvalue weighted by atomic mass is 10.0. The fraction of sp³-hybridized carbons (Fsp3) is 0.273. The van der Waals surface area contributed by atoms with Gasteiger partial charge in [-0.2, -0.15) is 0 Å². The highest BCUT2D eigenvalue weighted by Gasteiger charge is 2.24. The summed E-state index contributed by atoms with van der Waals surface area (Å²) < 4.78 is 1.03. The van der Waals surface area contributed by atoms with Crippen molar-refractivity contribution in [1.82, 2.24) is 0 Å². The van der Waals surface area contributed by atoms with E-state index in [9.17, 15) is 5.11 Å². The van der Waals surface area contributed by atoms with Crippen LogP contribution in [0.15, 0.2) is 65.1 Å². The highest BCUT2D eigenvalue weighted by atomic mass is 79.9. The van der Waals surface area contributed by atoms with E-state index in [0.29, 0.717) is 5.75 Å². The summed E-state index contributed by atoms with van der Waals surface area (Å²) in [5.41, 5.74) is 2.48. The van der Waals surface area contributed by atoms with Crippen LogP contribution in [0.2, 0.25) is 0 Å². The first-order chi connectivity index (χ1) is 12.7. The second-order valence-electron chi connectivity index (χ2n) is 7.26. The van der Waals surface area contributed by atoms with E-state index < -0.39 is 0 Å². The topological polar surface area (TPSA) is 29.1 Å². The molecule has 3 aromatic carbocycles. The molecular weight excluding hydrogens is 388 g/mol. The Morgan fingerprint density at radius 1 is 0.769 bits per heavy atom. The van der Waals surface area contributed by atoms with E-state index in [2.05, 4.69) is 58.4 Å². The fourth-order valence-corrected chi connectivity index (χ4v) is 4.40. The Morgan fingerprint density at radius 3 is 2.19 bits per heavy atom. The molecule has 0 atom stereocenters. The Morgan fingerprint density at radius 2 is 1.42 bits per heavy atom.